The molecule has 0 spiro atoms. The van der Waals surface area contributed by atoms with Gasteiger partial charge in [-0.05, 0) is 55.3 Å². The normalized spacial score (nSPS) is 10.9. The first-order chi connectivity index (χ1) is 13.0. The molecule has 0 aliphatic rings. The van der Waals surface area contributed by atoms with Gasteiger partial charge in [-0.2, -0.15) is 9.61 Å². The fourth-order valence-electron chi connectivity index (χ4n) is 2.69. The van der Waals surface area contributed by atoms with Crippen molar-refractivity contribution in [1.29, 1.82) is 0 Å². The Morgan fingerprint density at radius 3 is 2.74 bits per heavy atom. The lowest BCUT2D eigenvalue weighted by Crippen LogP contribution is -2.13. The van der Waals surface area contributed by atoms with Crippen molar-refractivity contribution in [3.63, 3.8) is 0 Å². The van der Waals surface area contributed by atoms with Gasteiger partial charge in [0.25, 0.3) is 5.91 Å². The number of nitrogens with one attached hydrogen (secondary N) is 1. The first-order valence-corrected chi connectivity index (χ1v) is 9.10. The van der Waals surface area contributed by atoms with E-state index in [1.165, 1.54) is 11.3 Å². The smallest absolute Gasteiger partial charge is 0.255 e. The van der Waals surface area contributed by atoms with Gasteiger partial charge in [-0.15, -0.1) is 10.2 Å². The summed E-state index contributed by atoms with van der Waals surface area (Å²) in [7, 11) is 1.57. The van der Waals surface area contributed by atoms with Crippen LogP contribution in [0.2, 0.25) is 0 Å². The quantitative estimate of drug-likeness (QED) is 0.584. The largest absolute Gasteiger partial charge is 0.495 e. The van der Waals surface area contributed by atoms with Crippen LogP contribution in [-0.4, -0.2) is 32.8 Å². The van der Waals surface area contributed by atoms with Crippen LogP contribution in [0, 0.1) is 13.8 Å². The molecule has 0 fully saturated rings. The summed E-state index contributed by atoms with van der Waals surface area (Å²) in [5.74, 6) is 0.394. The van der Waals surface area contributed by atoms with E-state index >= 15 is 0 Å². The molecule has 1 amide bonds. The molecule has 0 aliphatic carbocycles. The van der Waals surface area contributed by atoms with E-state index in [9.17, 15) is 4.79 Å². The summed E-state index contributed by atoms with van der Waals surface area (Å²) in [4.78, 5) is 13.4. The minimum absolute atomic E-state index is 0.188. The minimum Gasteiger partial charge on any atom is -0.495 e. The Kier molecular flexibility index (Phi) is 4.33. The van der Waals surface area contributed by atoms with Crippen molar-refractivity contribution < 1.29 is 9.53 Å². The number of amides is 1. The van der Waals surface area contributed by atoms with E-state index in [2.05, 4.69) is 20.6 Å². The van der Waals surface area contributed by atoms with Gasteiger partial charge in [0.1, 0.15) is 17.1 Å². The number of hydrogen-bond donors (Lipinski definition) is 1. The summed E-state index contributed by atoms with van der Waals surface area (Å²) in [6, 6.07) is 11.2. The number of ether oxygens (including phenoxy) is 1. The second kappa shape index (κ2) is 6.81. The topological polar surface area (TPSA) is 81.4 Å². The highest BCUT2D eigenvalue weighted by Gasteiger charge is 2.14. The second-order valence-electron chi connectivity index (χ2n) is 6.13. The lowest BCUT2D eigenvalue weighted by atomic mass is 10.1. The summed E-state index contributed by atoms with van der Waals surface area (Å²) in [6.45, 7) is 4.00. The molecule has 136 valence electrons. The molecule has 0 unspecified atom stereocenters. The highest BCUT2D eigenvalue weighted by Crippen LogP contribution is 2.32. The molecule has 8 heteroatoms. The first kappa shape index (κ1) is 17.2. The zero-order chi connectivity index (χ0) is 19.0. The van der Waals surface area contributed by atoms with Crippen LogP contribution >= 0.6 is 11.3 Å². The Bertz CT molecular complexity index is 1120. The van der Waals surface area contributed by atoms with Gasteiger partial charge in [-0.1, -0.05) is 17.4 Å². The number of anilines is 1. The van der Waals surface area contributed by atoms with E-state index < -0.39 is 0 Å². The van der Waals surface area contributed by atoms with E-state index in [4.69, 9.17) is 4.74 Å². The molecule has 0 saturated carbocycles. The van der Waals surface area contributed by atoms with Crippen molar-refractivity contribution in [2.24, 2.45) is 0 Å². The number of hydrogen-bond acceptors (Lipinski definition) is 6. The van der Waals surface area contributed by atoms with Crippen LogP contribution in [0.25, 0.3) is 15.5 Å². The fraction of sp³-hybridized carbons (Fsp3) is 0.158. The Labute approximate surface area is 159 Å². The van der Waals surface area contributed by atoms with Crippen LogP contribution in [0.4, 0.5) is 5.69 Å². The number of benzene rings is 2. The lowest BCUT2D eigenvalue weighted by molar-refractivity contribution is 0.102. The van der Waals surface area contributed by atoms with E-state index in [1.807, 2.05) is 50.2 Å². The van der Waals surface area contributed by atoms with Gasteiger partial charge in [-0.25, -0.2) is 0 Å². The van der Waals surface area contributed by atoms with Crippen molar-refractivity contribution in [2.45, 2.75) is 13.8 Å². The van der Waals surface area contributed by atoms with Gasteiger partial charge >= 0.3 is 0 Å². The third kappa shape index (κ3) is 3.26. The van der Waals surface area contributed by atoms with Gasteiger partial charge in [-0.3, -0.25) is 4.79 Å². The highest BCUT2D eigenvalue weighted by atomic mass is 32.1. The van der Waals surface area contributed by atoms with Crippen LogP contribution in [0.5, 0.6) is 5.75 Å². The van der Waals surface area contributed by atoms with Crippen molar-refractivity contribution in [3.8, 4) is 16.3 Å². The molecule has 4 aromatic rings. The monoisotopic (exact) mass is 379 g/mol. The maximum absolute atomic E-state index is 12.7. The van der Waals surface area contributed by atoms with Gasteiger partial charge in [0.05, 0.1) is 12.8 Å². The summed E-state index contributed by atoms with van der Waals surface area (Å²) in [6.07, 6.45) is 1.56. The number of carbonyl (C=O) groups excluding carboxylic acids is 1. The van der Waals surface area contributed by atoms with Crippen molar-refractivity contribution in [1.82, 2.24) is 19.8 Å². The Hall–Kier alpha value is -3.26. The van der Waals surface area contributed by atoms with Crippen LogP contribution in [0.1, 0.15) is 21.5 Å². The molecule has 0 atom stereocenters. The molecule has 1 N–H and O–H groups in total. The molecule has 4 rings (SSSR count). The zero-order valence-electron chi connectivity index (χ0n) is 15.1. The van der Waals surface area contributed by atoms with Gasteiger partial charge in [0.2, 0.25) is 4.96 Å². The van der Waals surface area contributed by atoms with Gasteiger partial charge in [0.15, 0.2) is 0 Å². The molecule has 0 aliphatic heterocycles. The number of methoxy groups -OCH3 is 1. The predicted molar refractivity (Wildman–Crippen MR) is 105 cm³/mol. The fourth-order valence-corrected chi connectivity index (χ4v) is 3.51. The maximum atomic E-state index is 12.7. The van der Waals surface area contributed by atoms with E-state index in [-0.39, 0.29) is 5.91 Å². The van der Waals surface area contributed by atoms with Crippen molar-refractivity contribution in [2.75, 3.05) is 12.4 Å². The number of rotatable bonds is 4. The van der Waals surface area contributed by atoms with Gasteiger partial charge in [0, 0.05) is 11.1 Å². The molecule has 2 aromatic carbocycles. The zero-order valence-corrected chi connectivity index (χ0v) is 15.9. The third-order valence-corrected chi connectivity index (χ3v) is 5.31. The van der Waals surface area contributed by atoms with E-state index in [0.717, 1.165) is 21.7 Å². The molecule has 27 heavy (non-hydrogen) atoms. The molecule has 0 bridgehead atoms. The standard InChI is InChI=1S/C19H17N5O2S/c1-11-4-5-13(8-12(11)2)17(25)21-15-9-14(6-7-16(15)26-3)18-23-24-10-20-22-19(24)27-18/h4-10H,1-3H3,(H,21,25). The van der Waals surface area contributed by atoms with Crippen LogP contribution in [0.15, 0.2) is 42.7 Å². The number of aryl methyl sites for hydroxylation is 2. The van der Waals surface area contributed by atoms with Crippen LogP contribution < -0.4 is 10.1 Å². The van der Waals surface area contributed by atoms with Crippen LogP contribution in [-0.2, 0) is 0 Å². The Balaban J connectivity index is 1.67. The van der Waals surface area contributed by atoms with E-state index in [1.54, 1.807) is 18.0 Å². The molecule has 0 saturated heterocycles. The van der Waals surface area contributed by atoms with Crippen LogP contribution in [0.3, 0.4) is 0 Å². The Morgan fingerprint density at radius 2 is 2.00 bits per heavy atom. The number of fused-ring (bicyclic) bond motifs is 1. The Morgan fingerprint density at radius 1 is 1.15 bits per heavy atom. The van der Waals surface area contributed by atoms with Crippen molar-refractivity contribution in [3.05, 3.63) is 59.4 Å². The molecule has 0 radical (unpaired) electrons. The maximum Gasteiger partial charge on any atom is 0.255 e. The molecule has 2 heterocycles. The summed E-state index contributed by atoms with van der Waals surface area (Å²) in [5, 5.41) is 16.0. The predicted octanol–water partition coefficient (Wildman–Crippen LogP) is 3.73. The summed E-state index contributed by atoms with van der Waals surface area (Å²) in [5.41, 5.74) is 4.27. The highest BCUT2D eigenvalue weighted by molar-refractivity contribution is 7.19. The number of aromatic nitrogens is 4. The van der Waals surface area contributed by atoms with E-state index in [0.29, 0.717) is 22.0 Å². The SMILES string of the molecule is COc1ccc(-c2nn3cnnc3s2)cc1NC(=O)c1ccc(C)c(C)c1. The molecular formula is C19H17N5O2S. The molecule has 2 aromatic heterocycles. The third-order valence-electron chi connectivity index (χ3n) is 4.35. The average molecular weight is 379 g/mol. The summed E-state index contributed by atoms with van der Waals surface area (Å²) >= 11 is 1.42. The number of nitrogens with zero attached hydrogens (tertiary/aromatic N) is 4. The minimum atomic E-state index is -0.188. The molecule has 7 nitrogen and oxygen atoms in total. The average Bonchev–Trinajstić information content (AvgIpc) is 3.26. The lowest BCUT2D eigenvalue weighted by Gasteiger charge is -2.12. The molecular weight excluding hydrogens is 362 g/mol. The summed E-state index contributed by atoms with van der Waals surface area (Å²) < 4.78 is 7.02. The van der Waals surface area contributed by atoms with Crippen molar-refractivity contribution >= 4 is 27.9 Å². The second-order valence-corrected chi connectivity index (χ2v) is 7.09. The van der Waals surface area contributed by atoms with Gasteiger partial charge < -0.3 is 10.1 Å². The number of carbonyl (C=O) groups is 1. The first-order valence-electron chi connectivity index (χ1n) is 8.29.